The lowest BCUT2D eigenvalue weighted by Crippen LogP contribution is -2.48. The maximum Gasteiger partial charge on any atom is 0.259 e. The Morgan fingerprint density at radius 2 is 2.03 bits per heavy atom. The van der Waals surface area contributed by atoms with Crippen molar-refractivity contribution in [2.45, 2.75) is 26.9 Å². The van der Waals surface area contributed by atoms with Crippen LogP contribution in [0.5, 0.6) is 0 Å². The smallest absolute Gasteiger partial charge is 0.259 e. The number of carbonyl (C=O) groups excluding carboxylic acids is 1. The van der Waals surface area contributed by atoms with E-state index in [1.807, 2.05) is 33.2 Å². The van der Waals surface area contributed by atoms with E-state index in [0.717, 1.165) is 42.4 Å². The third kappa shape index (κ3) is 3.75. The van der Waals surface area contributed by atoms with Crippen molar-refractivity contribution in [1.29, 1.82) is 0 Å². The van der Waals surface area contributed by atoms with E-state index in [-0.39, 0.29) is 5.91 Å². The lowest BCUT2D eigenvalue weighted by atomic mass is 10.2. The normalized spacial score (nSPS) is 15.1. The third-order valence-electron chi connectivity index (χ3n) is 5.83. The van der Waals surface area contributed by atoms with Gasteiger partial charge in [0.2, 0.25) is 0 Å². The van der Waals surface area contributed by atoms with Gasteiger partial charge in [0.05, 0.1) is 22.5 Å². The number of thiophene rings is 1. The molecule has 1 aliphatic rings. The lowest BCUT2D eigenvalue weighted by Gasteiger charge is -2.34. The van der Waals surface area contributed by atoms with E-state index in [1.165, 1.54) is 5.56 Å². The van der Waals surface area contributed by atoms with Crippen LogP contribution in [-0.2, 0) is 13.1 Å². The molecule has 0 aliphatic carbocycles. The number of amides is 1. The highest BCUT2D eigenvalue weighted by Crippen LogP contribution is 2.25. The molecule has 8 nitrogen and oxygen atoms in total. The molecule has 1 saturated heterocycles. The fourth-order valence-corrected chi connectivity index (χ4v) is 4.79. The predicted molar refractivity (Wildman–Crippen MR) is 120 cm³/mol. The van der Waals surface area contributed by atoms with E-state index in [0.29, 0.717) is 24.3 Å². The molecule has 5 rings (SSSR count). The molecule has 1 aliphatic heterocycles. The SMILES string of the molecule is CCn1cc(CN2CCN(C(=O)c3cnn4c(-c5cccs5)ccnc34)CC2)c(C)n1. The number of piperazine rings is 1. The molecule has 1 fully saturated rings. The minimum Gasteiger partial charge on any atom is -0.336 e. The van der Waals surface area contributed by atoms with E-state index in [2.05, 4.69) is 40.1 Å². The largest absolute Gasteiger partial charge is 0.336 e. The molecule has 0 saturated carbocycles. The molecule has 0 N–H and O–H groups in total. The molecular formula is C22H25N7OS. The summed E-state index contributed by atoms with van der Waals surface area (Å²) in [5, 5.41) is 11.0. The van der Waals surface area contributed by atoms with Gasteiger partial charge in [0.15, 0.2) is 5.65 Å². The lowest BCUT2D eigenvalue weighted by molar-refractivity contribution is 0.0630. The highest BCUT2D eigenvalue weighted by atomic mass is 32.1. The second-order valence-corrected chi connectivity index (χ2v) is 8.71. The molecule has 0 spiro atoms. The molecule has 0 radical (unpaired) electrons. The molecule has 5 heterocycles. The van der Waals surface area contributed by atoms with Gasteiger partial charge in [-0.2, -0.15) is 10.2 Å². The van der Waals surface area contributed by atoms with Crippen LogP contribution in [-0.4, -0.2) is 66.3 Å². The van der Waals surface area contributed by atoms with Crippen LogP contribution in [0.25, 0.3) is 16.2 Å². The first-order valence-corrected chi connectivity index (χ1v) is 11.4. The first kappa shape index (κ1) is 19.9. The monoisotopic (exact) mass is 435 g/mol. The van der Waals surface area contributed by atoms with E-state index in [9.17, 15) is 4.79 Å². The highest BCUT2D eigenvalue weighted by Gasteiger charge is 2.26. The van der Waals surface area contributed by atoms with Crippen molar-refractivity contribution in [3.05, 3.63) is 59.0 Å². The number of rotatable bonds is 5. The highest BCUT2D eigenvalue weighted by molar-refractivity contribution is 7.13. The number of hydrogen-bond acceptors (Lipinski definition) is 6. The van der Waals surface area contributed by atoms with Crippen LogP contribution in [0, 0.1) is 6.92 Å². The van der Waals surface area contributed by atoms with Crippen molar-refractivity contribution >= 4 is 22.9 Å². The zero-order valence-corrected chi connectivity index (χ0v) is 18.5. The minimum absolute atomic E-state index is 0.000428. The predicted octanol–water partition coefficient (Wildman–Crippen LogP) is 2.94. The van der Waals surface area contributed by atoms with E-state index in [4.69, 9.17) is 0 Å². The first-order chi connectivity index (χ1) is 15.1. The maximum atomic E-state index is 13.2. The Labute approximate surface area is 184 Å². The van der Waals surface area contributed by atoms with Gasteiger partial charge in [-0.15, -0.1) is 11.3 Å². The fraction of sp³-hybridized carbons (Fsp3) is 0.364. The summed E-state index contributed by atoms with van der Waals surface area (Å²) >= 11 is 1.65. The number of carbonyl (C=O) groups is 1. The van der Waals surface area contributed by atoms with Gasteiger partial charge in [0, 0.05) is 57.2 Å². The van der Waals surface area contributed by atoms with Gasteiger partial charge in [0.25, 0.3) is 5.91 Å². The number of nitrogens with zero attached hydrogens (tertiary/aromatic N) is 7. The van der Waals surface area contributed by atoms with Crippen molar-refractivity contribution in [3.63, 3.8) is 0 Å². The molecule has 9 heteroatoms. The second kappa shape index (κ2) is 8.24. The Morgan fingerprint density at radius 3 is 2.74 bits per heavy atom. The second-order valence-electron chi connectivity index (χ2n) is 7.76. The van der Waals surface area contributed by atoms with Gasteiger partial charge in [-0.25, -0.2) is 9.50 Å². The van der Waals surface area contributed by atoms with Crippen molar-refractivity contribution in [3.8, 4) is 10.6 Å². The summed E-state index contributed by atoms with van der Waals surface area (Å²) in [6.45, 7) is 8.99. The van der Waals surface area contributed by atoms with Gasteiger partial charge in [0.1, 0.15) is 5.56 Å². The van der Waals surface area contributed by atoms with Gasteiger partial charge in [-0.05, 0) is 31.4 Å². The fourth-order valence-electron chi connectivity index (χ4n) is 4.05. The van der Waals surface area contributed by atoms with Crippen LogP contribution in [0.3, 0.4) is 0 Å². The Kier molecular flexibility index (Phi) is 5.29. The van der Waals surface area contributed by atoms with Crippen LogP contribution >= 0.6 is 11.3 Å². The van der Waals surface area contributed by atoms with Crippen LogP contribution in [0.2, 0.25) is 0 Å². The zero-order valence-electron chi connectivity index (χ0n) is 17.7. The van der Waals surface area contributed by atoms with Crippen LogP contribution < -0.4 is 0 Å². The van der Waals surface area contributed by atoms with Crippen LogP contribution in [0.4, 0.5) is 0 Å². The molecule has 31 heavy (non-hydrogen) atoms. The number of aromatic nitrogens is 5. The molecule has 4 aromatic heterocycles. The average molecular weight is 436 g/mol. The average Bonchev–Trinajstić information content (AvgIpc) is 3.54. The minimum atomic E-state index is 0.000428. The molecular weight excluding hydrogens is 410 g/mol. The molecule has 1 amide bonds. The van der Waals surface area contributed by atoms with E-state index in [1.54, 1.807) is 28.2 Å². The van der Waals surface area contributed by atoms with Crippen molar-refractivity contribution in [2.24, 2.45) is 0 Å². The van der Waals surface area contributed by atoms with Gasteiger partial charge in [-0.3, -0.25) is 14.4 Å². The van der Waals surface area contributed by atoms with Crippen molar-refractivity contribution in [1.82, 2.24) is 34.2 Å². The van der Waals surface area contributed by atoms with Gasteiger partial charge >= 0.3 is 0 Å². The topological polar surface area (TPSA) is 71.6 Å². The maximum absolute atomic E-state index is 13.2. The number of hydrogen-bond donors (Lipinski definition) is 0. The summed E-state index contributed by atoms with van der Waals surface area (Å²) in [6.07, 6.45) is 5.53. The van der Waals surface area contributed by atoms with E-state index >= 15 is 0 Å². The van der Waals surface area contributed by atoms with Crippen LogP contribution in [0.1, 0.15) is 28.5 Å². The van der Waals surface area contributed by atoms with Gasteiger partial charge < -0.3 is 4.90 Å². The summed E-state index contributed by atoms with van der Waals surface area (Å²) in [5.74, 6) is 0.000428. The third-order valence-corrected chi connectivity index (χ3v) is 6.72. The first-order valence-electron chi connectivity index (χ1n) is 10.5. The summed E-state index contributed by atoms with van der Waals surface area (Å²) in [7, 11) is 0. The molecule has 0 unspecified atom stereocenters. The quantitative estimate of drug-likeness (QED) is 0.482. The summed E-state index contributed by atoms with van der Waals surface area (Å²) in [6, 6.07) is 5.99. The van der Waals surface area contributed by atoms with Crippen LogP contribution in [0.15, 0.2) is 42.2 Å². The Bertz CT molecular complexity index is 1200. The summed E-state index contributed by atoms with van der Waals surface area (Å²) in [5.41, 5.74) is 4.47. The Morgan fingerprint density at radius 1 is 1.19 bits per heavy atom. The Hall–Kier alpha value is -3.04. The number of fused-ring (bicyclic) bond motifs is 1. The van der Waals surface area contributed by atoms with Crippen molar-refractivity contribution in [2.75, 3.05) is 26.2 Å². The van der Waals surface area contributed by atoms with Gasteiger partial charge in [-0.1, -0.05) is 6.07 Å². The summed E-state index contributed by atoms with van der Waals surface area (Å²) < 4.78 is 3.75. The van der Waals surface area contributed by atoms with E-state index < -0.39 is 0 Å². The molecule has 0 atom stereocenters. The molecule has 0 aromatic carbocycles. The number of aryl methyl sites for hydroxylation is 2. The summed E-state index contributed by atoms with van der Waals surface area (Å²) in [4.78, 5) is 23.1. The molecule has 4 aromatic rings. The zero-order chi connectivity index (χ0) is 21.4. The molecule has 160 valence electrons. The Balaban J connectivity index is 1.29. The standard InChI is InChI=1S/C22H25N7OS/c1-3-28-15-17(16(2)25-28)14-26-8-10-27(11-9-26)22(30)18-13-24-29-19(6-7-23-21(18)29)20-5-4-12-31-20/h4-7,12-13,15H,3,8-11,14H2,1-2H3. The molecule has 0 bridgehead atoms. The van der Waals surface area contributed by atoms with Crippen molar-refractivity contribution < 1.29 is 4.79 Å².